The largest absolute Gasteiger partial charge is 0.395 e. The minimum Gasteiger partial charge on any atom is -0.395 e. The lowest BCUT2D eigenvalue weighted by atomic mass is 10.2. The SMILES string of the molecule is CCN(CCO)c1ncnc(NC2CCCC2)c1N. The molecule has 1 aromatic heterocycles. The number of anilines is 3. The van der Waals surface area contributed by atoms with E-state index in [2.05, 4.69) is 15.3 Å². The van der Waals surface area contributed by atoms with Crippen LogP contribution in [-0.4, -0.2) is 40.8 Å². The molecular weight excluding hydrogens is 242 g/mol. The first-order valence-electron chi connectivity index (χ1n) is 6.99. The third-order valence-electron chi connectivity index (χ3n) is 3.61. The number of nitrogen functional groups attached to an aromatic ring is 1. The lowest BCUT2D eigenvalue weighted by Crippen LogP contribution is -2.28. The molecule has 1 aromatic rings. The maximum atomic E-state index is 9.08. The van der Waals surface area contributed by atoms with Gasteiger partial charge in [-0.05, 0) is 19.8 Å². The summed E-state index contributed by atoms with van der Waals surface area (Å²) >= 11 is 0. The van der Waals surface area contributed by atoms with Gasteiger partial charge in [-0.1, -0.05) is 12.8 Å². The number of hydrogen-bond donors (Lipinski definition) is 3. The Balaban J connectivity index is 2.16. The molecule has 0 saturated heterocycles. The zero-order valence-electron chi connectivity index (χ0n) is 11.5. The number of aliphatic hydroxyl groups excluding tert-OH is 1. The van der Waals surface area contributed by atoms with Gasteiger partial charge >= 0.3 is 0 Å². The summed E-state index contributed by atoms with van der Waals surface area (Å²) in [5.41, 5.74) is 6.73. The highest BCUT2D eigenvalue weighted by Crippen LogP contribution is 2.29. The van der Waals surface area contributed by atoms with Crippen molar-refractivity contribution in [1.82, 2.24) is 9.97 Å². The number of nitrogens with zero attached hydrogens (tertiary/aromatic N) is 3. The van der Waals surface area contributed by atoms with E-state index < -0.39 is 0 Å². The predicted octanol–water partition coefficient (Wildman–Crippen LogP) is 1.23. The molecule has 106 valence electrons. The second kappa shape index (κ2) is 6.56. The van der Waals surface area contributed by atoms with Crippen molar-refractivity contribution in [1.29, 1.82) is 0 Å². The van der Waals surface area contributed by atoms with Crippen LogP contribution in [0, 0.1) is 0 Å². The minimum absolute atomic E-state index is 0.0860. The van der Waals surface area contributed by atoms with Crippen LogP contribution >= 0.6 is 0 Å². The Morgan fingerprint density at radius 1 is 1.42 bits per heavy atom. The van der Waals surface area contributed by atoms with Crippen LogP contribution < -0.4 is 16.0 Å². The molecule has 0 aliphatic heterocycles. The molecule has 1 saturated carbocycles. The topological polar surface area (TPSA) is 87.3 Å². The van der Waals surface area contributed by atoms with Gasteiger partial charge < -0.3 is 21.1 Å². The quantitative estimate of drug-likeness (QED) is 0.717. The Morgan fingerprint density at radius 3 is 2.79 bits per heavy atom. The first-order chi connectivity index (χ1) is 9.26. The normalized spacial score (nSPS) is 15.7. The van der Waals surface area contributed by atoms with E-state index in [1.807, 2.05) is 11.8 Å². The Morgan fingerprint density at radius 2 is 2.16 bits per heavy atom. The monoisotopic (exact) mass is 265 g/mol. The molecule has 0 aromatic carbocycles. The van der Waals surface area contributed by atoms with Crippen LogP contribution in [0.2, 0.25) is 0 Å². The molecule has 0 spiro atoms. The van der Waals surface area contributed by atoms with Crippen molar-refractivity contribution >= 4 is 17.3 Å². The van der Waals surface area contributed by atoms with Gasteiger partial charge in [0.05, 0.1) is 6.61 Å². The van der Waals surface area contributed by atoms with Gasteiger partial charge in [0.15, 0.2) is 11.6 Å². The molecule has 6 heteroatoms. The first kappa shape index (κ1) is 13.9. The third-order valence-corrected chi connectivity index (χ3v) is 3.61. The molecule has 0 unspecified atom stereocenters. The molecule has 19 heavy (non-hydrogen) atoms. The van der Waals surface area contributed by atoms with E-state index in [1.165, 1.54) is 32.0 Å². The van der Waals surface area contributed by atoms with Gasteiger partial charge in [0.1, 0.15) is 12.0 Å². The summed E-state index contributed by atoms with van der Waals surface area (Å²) in [7, 11) is 0. The summed E-state index contributed by atoms with van der Waals surface area (Å²) in [6.45, 7) is 3.38. The van der Waals surface area contributed by atoms with Crippen LogP contribution in [0.4, 0.5) is 17.3 Å². The van der Waals surface area contributed by atoms with Crippen molar-refractivity contribution in [2.45, 2.75) is 38.6 Å². The number of rotatable bonds is 6. The van der Waals surface area contributed by atoms with E-state index in [0.717, 1.165) is 6.54 Å². The van der Waals surface area contributed by atoms with Gasteiger partial charge in [0, 0.05) is 19.1 Å². The van der Waals surface area contributed by atoms with Crippen LogP contribution in [0.25, 0.3) is 0 Å². The number of nitrogens with one attached hydrogen (secondary N) is 1. The molecule has 1 aliphatic carbocycles. The maximum Gasteiger partial charge on any atom is 0.157 e. The van der Waals surface area contributed by atoms with Gasteiger partial charge in [-0.25, -0.2) is 9.97 Å². The number of aliphatic hydroxyl groups is 1. The lowest BCUT2D eigenvalue weighted by molar-refractivity contribution is 0.302. The van der Waals surface area contributed by atoms with Crippen molar-refractivity contribution < 1.29 is 5.11 Å². The molecule has 6 nitrogen and oxygen atoms in total. The molecule has 0 amide bonds. The van der Waals surface area contributed by atoms with Gasteiger partial charge in [0.25, 0.3) is 0 Å². The number of likely N-dealkylation sites (N-methyl/N-ethyl adjacent to an activating group) is 1. The molecule has 0 bridgehead atoms. The fourth-order valence-electron chi connectivity index (χ4n) is 2.55. The maximum absolute atomic E-state index is 9.08. The van der Waals surface area contributed by atoms with E-state index >= 15 is 0 Å². The molecular formula is C13H23N5O. The third kappa shape index (κ3) is 3.26. The zero-order chi connectivity index (χ0) is 13.7. The van der Waals surface area contributed by atoms with Crippen LogP contribution in [0.1, 0.15) is 32.6 Å². The lowest BCUT2D eigenvalue weighted by Gasteiger charge is -2.23. The van der Waals surface area contributed by atoms with Gasteiger partial charge in [-0.15, -0.1) is 0 Å². The smallest absolute Gasteiger partial charge is 0.157 e. The van der Waals surface area contributed by atoms with Gasteiger partial charge in [0.2, 0.25) is 0 Å². The highest BCUT2D eigenvalue weighted by molar-refractivity contribution is 5.75. The van der Waals surface area contributed by atoms with Crippen LogP contribution in [0.15, 0.2) is 6.33 Å². The summed E-state index contributed by atoms with van der Waals surface area (Å²) in [6, 6.07) is 0.470. The molecule has 4 N–H and O–H groups in total. The Kier molecular flexibility index (Phi) is 4.79. The van der Waals surface area contributed by atoms with Crippen molar-refractivity contribution in [2.75, 3.05) is 35.6 Å². The molecule has 1 heterocycles. The Hall–Kier alpha value is -1.56. The van der Waals surface area contributed by atoms with Gasteiger partial charge in [-0.3, -0.25) is 0 Å². The van der Waals surface area contributed by atoms with E-state index in [9.17, 15) is 0 Å². The van der Waals surface area contributed by atoms with Crippen molar-refractivity contribution in [3.05, 3.63) is 6.33 Å². The van der Waals surface area contributed by atoms with E-state index in [-0.39, 0.29) is 6.61 Å². The van der Waals surface area contributed by atoms with Crippen LogP contribution in [-0.2, 0) is 0 Å². The Bertz CT molecular complexity index is 406. The first-order valence-corrected chi connectivity index (χ1v) is 6.99. The molecule has 1 aliphatic rings. The van der Waals surface area contributed by atoms with E-state index in [0.29, 0.717) is 29.9 Å². The molecule has 0 atom stereocenters. The summed E-state index contributed by atoms with van der Waals surface area (Å²) in [6.07, 6.45) is 6.41. The molecule has 1 fully saturated rings. The fraction of sp³-hybridized carbons (Fsp3) is 0.692. The Labute approximate surface area is 114 Å². The molecule has 2 rings (SSSR count). The highest BCUT2D eigenvalue weighted by atomic mass is 16.3. The highest BCUT2D eigenvalue weighted by Gasteiger charge is 2.19. The number of nitrogens with two attached hydrogens (primary N) is 1. The van der Waals surface area contributed by atoms with Crippen LogP contribution in [0.3, 0.4) is 0 Å². The zero-order valence-corrected chi connectivity index (χ0v) is 11.5. The van der Waals surface area contributed by atoms with Gasteiger partial charge in [-0.2, -0.15) is 0 Å². The summed E-state index contributed by atoms with van der Waals surface area (Å²) in [5.74, 6) is 1.42. The van der Waals surface area contributed by atoms with Crippen molar-refractivity contribution in [2.24, 2.45) is 0 Å². The minimum atomic E-state index is 0.0860. The van der Waals surface area contributed by atoms with E-state index in [1.54, 1.807) is 0 Å². The fourth-order valence-corrected chi connectivity index (χ4v) is 2.55. The second-order valence-corrected chi connectivity index (χ2v) is 4.89. The molecule has 0 radical (unpaired) electrons. The summed E-state index contributed by atoms with van der Waals surface area (Å²) < 4.78 is 0. The van der Waals surface area contributed by atoms with Crippen molar-refractivity contribution in [3.63, 3.8) is 0 Å². The number of hydrogen-bond acceptors (Lipinski definition) is 6. The van der Waals surface area contributed by atoms with E-state index in [4.69, 9.17) is 10.8 Å². The standard InChI is InChI=1S/C13H23N5O/c1-2-18(7-8-19)13-11(14)12(15-9-16-13)17-10-5-3-4-6-10/h9-10,19H,2-8,14H2,1H3,(H,15,16,17). The average Bonchev–Trinajstić information content (AvgIpc) is 2.92. The second-order valence-electron chi connectivity index (χ2n) is 4.89. The van der Waals surface area contributed by atoms with Crippen molar-refractivity contribution in [3.8, 4) is 0 Å². The summed E-state index contributed by atoms with van der Waals surface area (Å²) in [5, 5.41) is 12.5. The average molecular weight is 265 g/mol. The predicted molar refractivity (Wildman–Crippen MR) is 77.3 cm³/mol. The summed E-state index contributed by atoms with van der Waals surface area (Å²) in [4.78, 5) is 10.4. The van der Waals surface area contributed by atoms with Crippen LogP contribution in [0.5, 0.6) is 0 Å². The number of aromatic nitrogens is 2.